The van der Waals surface area contributed by atoms with E-state index in [1.807, 2.05) is 24.3 Å². The molecule has 3 aromatic rings. The maximum absolute atomic E-state index is 11.8. The predicted octanol–water partition coefficient (Wildman–Crippen LogP) is 3.55. The van der Waals surface area contributed by atoms with Gasteiger partial charge >= 0.3 is 5.97 Å². The van der Waals surface area contributed by atoms with Gasteiger partial charge in [0.15, 0.2) is 17.3 Å². The van der Waals surface area contributed by atoms with Gasteiger partial charge < -0.3 is 13.9 Å². The largest absolute Gasteiger partial charge is 0.490 e. The lowest BCUT2D eigenvalue weighted by Crippen LogP contribution is -2.30. The number of ether oxygens (including phenoxy) is 2. The predicted molar refractivity (Wildman–Crippen MR) is 100 cm³/mol. The van der Waals surface area contributed by atoms with Crippen LogP contribution in [0.4, 0.5) is 0 Å². The van der Waals surface area contributed by atoms with Crippen molar-refractivity contribution in [2.45, 2.75) is 38.7 Å². The van der Waals surface area contributed by atoms with Crippen molar-refractivity contribution in [2.75, 3.05) is 7.11 Å². The van der Waals surface area contributed by atoms with Gasteiger partial charge in [-0.15, -0.1) is 0 Å². The third kappa shape index (κ3) is 3.76. The van der Waals surface area contributed by atoms with E-state index in [-0.39, 0.29) is 18.0 Å². The van der Waals surface area contributed by atoms with Gasteiger partial charge in [-0.05, 0) is 49.9 Å². The number of hydrogen-bond acceptors (Lipinski definition) is 7. The second-order valence-corrected chi connectivity index (χ2v) is 6.92. The van der Waals surface area contributed by atoms with E-state index < -0.39 is 0 Å². The number of oxazole rings is 1. The van der Waals surface area contributed by atoms with E-state index in [0.717, 1.165) is 30.6 Å². The van der Waals surface area contributed by atoms with Gasteiger partial charge in [0.25, 0.3) is 0 Å². The Morgan fingerprint density at radius 1 is 1.18 bits per heavy atom. The van der Waals surface area contributed by atoms with Gasteiger partial charge in [-0.25, -0.2) is 4.98 Å². The molecule has 1 saturated carbocycles. The molecule has 2 heterocycles. The lowest BCUT2D eigenvalue weighted by molar-refractivity contribution is -0.147. The third-order valence-electron chi connectivity index (χ3n) is 4.99. The molecule has 8 heteroatoms. The van der Waals surface area contributed by atoms with Gasteiger partial charge in [-0.3, -0.25) is 4.79 Å². The number of benzene rings is 1. The number of nitrogens with one attached hydrogen (secondary N) is 1. The fraction of sp³-hybridized carbons (Fsp3) is 0.400. The highest BCUT2D eigenvalue weighted by Crippen LogP contribution is 2.32. The number of methoxy groups -OCH3 is 1. The van der Waals surface area contributed by atoms with Crippen LogP contribution in [-0.4, -0.2) is 39.6 Å². The number of aromatic amines is 1. The first kappa shape index (κ1) is 18.2. The minimum atomic E-state index is -0.148. The topological polar surface area (TPSA) is 103 Å². The molecule has 146 valence electrons. The highest BCUT2D eigenvalue weighted by Gasteiger charge is 2.29. The Kier molecular flexibility index (Phi) is 5.10. The number of carbonyl (C=O) groups is 1. The first-order chi connectivity index (χ1) is 13.6. The number of aryl methyl sites for hydroxylation is 1. The molecule has 1 N–H and O–H groups in total. The van der Waals surface area contributed by atoms with Gasteiger partial charge in [0.2, 0.25) is 0 Å². The highest BCUT2D eigenvalue weighted by molar-refractivity contribution is 5.75. The summed E-state index contributed by atoms with van der Waals surface area (Å²) in [5.41, 5.74) is 2.19. The summed E-state index contributed by atoms with van der Waals surface area (Å²) in [5, 5.41) is 11.1. The molecule has 8 nitrogen and oxygen atoms in total. The molecule has 4 rings (SSSR count). The van der Waals surface area contributed by atoms with Crippen LogP contribution in [0.5, 0.6) is 5.75 Å². The number of carbonyl (C=O) groups excluding carboxylic acids is 1. The van der Waals surface area contributed by atoms with Crippen molar-refractivity contribution in [3.8, 4) is 28.5 Å². The van der Waals surface area contributed by atoms with Gasteiger partial charge in [0, 0.05) is 12.5 Å². The van der Waals surface area contributed by atoms with E-state index in [0.29, 0.717) is 29.5 Å². The van der Waals surface area contributed by atoms with Crippen molar-refractivity contribution >= 4 is 5.97 Å². The van der Waals surface area contributed by atoms with E-state index in [1.165, 1.54) is 7.11 Å². The lowest BCUT2D eigenvalue weighted by Gasteiger charge is -2.28. The summed E-state index contributed by atoms with van der Waals surface area (Å²) in [4.78, 5) is 15.9. The molecule has 0 unspecified atom stereocenters. The number of hydrogen-bond donors (Lipinski definition) is 1. The number of nitrogens with zero attached hydrogens (tertiary/aromatic N) is 3. The van der Waals surface area contributed by atoms with Crippen LogP contribution in [0.2, 0.25) is 0 Å². The fourth-order valence-corrected chi connectivity index (χ4v) is 3.59. The van der Waals surface area contributed by atoms with Crippen molar-refractivity contribution in [3.05, 3.63) is 36.4 Å². The van der Waals surface area contributed by atoms with Crippen LogP contribution in [-0.2, 0) is 9.53 Å². The SMILES string of the molecule is COC(=O)[C@H]1CCC[C@H](Oc2ccc(-c3n[nH]nc3-c3cnc(C)o3)cc2)C1. The number of H-pyrrole nitrogens is 1. The standard InChI is InChI=1S/C20H22N4O4/c1-12-21-11-17(27-12)19-18(22-24-23-19)13-6-8-15(9-7-13)28-16-5-3-4-14(10-16)20(25)26-2/h6-9,11,14,16H,3-5,10H2,1-2H3,(H,22,23,24)/t14-,16-/m0/s1. The monoisotopic (exact) mass is 382 g/mol. The zero-order valence-electron chi connectivity index (χ0n) is 15.8. The van der Waals surface area contributed by atoms with Crippen molar-refractivity contribution in [3.63, 3.8) is 0 Å². The van der Waals surface area contributed by atoms with E-state index in [4.69, 9.17) is 13.9 Å². The Bertz CT molecular complexity index is 947. The van der Waals surface area contributed by atoms with E-state index in [9.17, 15) is 4.79 Å². The number of esters is 1. The third-order valence-corrected chi connectivity index (χ3v) is 4.99. The molecule has 28 heavy (non-hydrogen) atoms. The van der Waals surface area contributed by atoms with Crippen LogP contribution in [0.3, 0.4) is 0 Å². The molecule has 0 radical (unpaired) electrons. The summed E-state index contributed by atoms with van der Waals surface area (Å²) in [5.74, 6) is 1.68. The molecular weight excluding hydrogens is 360 g/mol. The molecule has 0 aliphatic heterocycles. The van der Waals surface area contributed by atoms with Crippen LogP contribution in [0.15, 0.2) is 34.9 Å². The molecule has 1 fully saturated rings. The lowest BCUT2D eigenvalue weighted by atomic mass is 9.87. The summed E-state index contributed by atoms with van der Waals surface area (Å²) in [7, 11) is 1.43. The van der Waals surface area contributed by atoms with Crippen LogP contribution < -0.4 is 4.74 Å². The van der Waals surface area contributed by atoms with Crippen LogP contribution in [0, 0.1) is 12.8 Å². The number of rotatable bonds is 5. The zero-order chi connectivity index (χ0) is 19.5. The van der Waals surface area contributed by atoms with Crippen molar-refractivity contribution in [1.29, 1.82) is 0 Å². The van der Waals surface area contributed by atoms with Crippen molar-refractivity contribution in [1.82, 2.24) is 20.4 Å². The summed E-state index contributed by atoms with van der Waals surface area (Å²) in [6.45, 7) is 1.78. The molecule has 0 bridgehead atoms. The molecule has 0 spiro atoms. The summed E-state index contributed by atoms with van der Waals surface area (Å²) < 4.78 is 16.5. The molecule has 1 aliphatic carbocycles. The second kappa shape index (κ2) is 7.84. The quantitative estimate of drug-likeness (QED) is 0.673. The smallest absolute Gasteiger partial charge is 0.308 e. The Morgan fingerprint density at radius 2 is 1.96 bits per heavy atom. The minimum absolute atomic E-state index is 0.0171. The average Bonchev–Trinajstić information content (AvgIpc) is 3.37. The Morgan fingerprint density at radius 3 is 2.68 bits per heavy atom. The molecule has 1 aliphatic rings. The fourth-order valence-electron chi connectivity index (χ4n) is 3.59. The van der Waals surface area contributed by atoms with Crippen LogP contribution >= 0.6 is 0 Å². The molecule has 0 amide bonds. The molecule has 2 aromatic heterocycles. The first-order valence-electron chi connectivity index (χ1n) is 9.32. The Labute approximate surface area is 162 Å². The molecule has 1 aromatic carbocycles. The maximum atomic E-state index is 11.8. The van der Waals surface area contributed by atoms with Gasteiger partial charge in [0.05, 0.1) is 25.3 Å². The van der Waals surface area contributed by atoms with E-state index in [2.05, 4.69) is 20.4 Å². The van der Waals surface area contributed by atoms with E-state index >= 15 is 0 Å². The van der Waals surface area contributed by atoms with Crippen molar-refractivity contribution < 1.29 is 18.7 Å². The summed E-state index contributed by atoms with van der Waals surface area (Å²) in [6, 6.07) is 7.67. The minimum Gasteiger partial charge on any atom is -0.490 e. The Balaban J connectivity index is 1.47. The molecule has 2 atom stereocenters. The average molecular weight is 382 g/mol. The van der Waals surface area contributed by atoms with Gasteiger partial charge in [-0.2, -0.15) is 15.4 Å². The maximum Gasteiger partial charge on any atom is 0.308 e. The summed E-state index contributed by atoms with van der Waals surface area (Å²) in [6.07, 6.45) is 5.10. The molecular formula is C20H22N4O4. The van der Waals surface area contributed by atoms with E-state index in [1.54, 1.807) is 13.1 Å². The highest BCUT2D eigenvalue weighted by atomic mass is 16.5. The van der Waals surface area contributed by atoms with Crippen molar-refractivity contribution in [2.24, 2.45) is 5.92 Å². The zero-order valence-corrected chi connectivity index (χ0v) is 15.8. The van der Waals surface area contributed by atoms with Crippen LogP contribution in [0.1, 0.15) is 31.6 Å². The van der Waals surface area contributed by atoms with Crippen LogP contribution in [0.25, 0.3) is 22.7 Å². The molecule has 0 saturated heterocycles. The number of aromatic nitrogens is 4. The Hall–Kier alpha value is -3.16. The van der Waals surface area contributed by atoms with Gasteiger partial charge in [-0.1, -0.05) is 0 Å². The first-order valence-corrected chi connectivity index (χ1v) is 9.32. The second-order valence-electron chi connectivity index (χ2n) is 6.92. The normalized spacial score (nSPS) is 19.4. The van der Waals surface area contributed by atoms with Gasteiger partial charge in [0.1, 0.15) is 11.4 Å². The summed E-state index contributed by atoms with van der Waals surface area (Å²) >= 11 is 0.